The van der Waals surface area contributed by atoms with Gasteiger partial charge in [-0.15, -0.1) is 0 Å². The fraction of sp³-hybridized carbons (Fsp3) is 0. The molecule has 2 aromatic carbocycles. The zero-order valence-corrected chi connectivity index (χ0v) is 12.4. The molecule has 0 saturated heterocycles. The number of aromatic carboxylic acids is 1. The number of carboxylic acids is 1. The molecule has 2 aromatic rings. The van der Waals surface area contributed by atoms with Crippen molar-refractivity contribution >= 4 is 37.6 Å². The molecule has 0 aliphatic rings. The van der Waals surface area contributed by atoms with Crippen molar-refractivity contribution in [3.8, 4) is 0 Å². The maximum absolute atomic E-state index is 12.1. The third kappa shape index (κ3) is 3.17. The molecule has 0 aromatic heterocycles. The molecule has 7 heteroatoms. The Balaban J connectivity index is 2.38. The molecule has 0 fully saturated rings. The van der Waals surface area contributed by atoms with Gasteiger partial charge < -0.3 is 9.90 Å². The number of carbonyl (C=O) groups is 1. The molecule has 0 saturated carbocycles. The highest BCUT2D eigenvalue weighted by molar-refractivity contribution is 9.10. The second kappa shape index (κ2) is 5.64. The summed E-state index contributed by atoms with van der Waals surface area (Å²) in [5.74, 6) is -1.45. The average molecular weight is 355 g/mol. The molecule has 5 nitrogen and oxygen atoms in total. The van der Waals surface area contributed by atoms with Crippen LogP contribution >= 0.6 is 15.9 Å². The van der Waals surface area contributed by atoms with E-state index in [1.54, 1.807) is 12.1 Å². The molecule has 0 atom stereocenters. The van der Waals surface area contributed by atoms with Crippen LogP contribution in [0.5, 0.6) is 0 Å². The van der Waals surface area contributed by atoms with E-state index in [1.165, 1.54) is 36.4 Å². The number of hydrogen-bond donors (Lipinski definition) is 1. The number of benzene rings is 2. The fourth-order valence-electron chi connectivity index (χ4n) is 1.57. The molecule has 0 radical (unpaired) electrons. The lowest BCUT2D eigenvalue weighted by Gasteiger charge is -2.13. The van der Waals surface area contributed by atoms with E-state index >= 15 is 0 Å². The summed E-state index contributed by atoms with van der Waals surface area (Å²) in [6.45, 7) is 0. The molecule has 0 amide bonds. The Bertz CT molecular complexity index is 741. The van der Waals surface area contributed by atoms with Crippen LogP contribution in [-0.4, -0.2) is 14.4 Å². The minimum Gasteiger partial charge on any atom is -0.545 e. The summed E-state index contributed by atoms with van der Waals surface area (Å²) in [5.41, 5.74) is -0.247. The van der Waals surface area contributed by atoms with Gasteiger partial charge in [0.2, 0.25) is 0 Å². The van der Waals surface area contributed by atoms with Crippen molar-refractivity contribution in [2.24, 2.45) is 0 Å². The molecular weight excluding hydrogens is 346 g/mol. The zero-order chi connectivity index (χ0) is 14.8. The van der Waals surface area contributed by atoms with Crippen molar-refractivity contribution in [3.05, 3.63) is 58.6 Å². The van der Waals surface area contributed by atoms with E-state index in [0.29, 0.717) is 0 Å². The van der Waals surface area contributed by atoms with Crippen molar-refractivity contribution in [2.75, 3.05) is 4.72 Å². The predicted molar refractivity (Wildman–Crippen MR) is 75.7 cm³/mol. The number of hydrogen-bond acceptors (Lipinski definition) is 4. The van der Waals surface area contributed by atoms with Crippen LogP contribution in [-0.2, 0) is 10.0 Å². The van der Waals surface area contributed by atoms with Crippen molar-refractivity contribution in [1.82, 2.24) is 0 Å². The molecule has 104 valence electrons. The summed E-state index contributed by atoms with van der Waals surface area (Å²) in [6.07, 6.45) is 0. The zero-order valence-electron chi connectivity index (χ0n) is 10.0. The van der Waals surface area contributed by atoms with E-state index in [1.807, 2.05) is 0 Å². The topological polar surface area (TPSA) is 86.3 Å². The van der Waals surface area contributed by atoms with Gasteiger partial charge in [0.05, 0.1) is 16.6 Å². The van der Waals surface area contributed by atoms with E-state index < -0.39 is 16.0 Å². The summed E-state index contributed by atoms with van der Waals surface area (Å²) in [7, 11) is -3.85. The van der Waals surface area contributed by atoms with Crippen LogP contribution in [0.1, 0.15) is 10.4 Å². The van der Waals surface area contributed by atoms with Crippen LogP contribution in [0, 0.1) is 0 Å². The van der Waals surface area contributed by atoms with Crippen LogP contribution in [0.3, 0.4) is 0 Å². The summed E-state index contributed by atoms with van der Waals surface area (Å²) in [6, 6.07) is 11.6. The Hall–Kier alpha value is -1.86. The number of carboxylic acid groups (broad SMARTS) is 1. The Labute approximate surface area is 124 Å². The Morgan fingerprint density at radius 2 is 1.65 bits per heavy atom. The third-order valence-electron chi connectivity index (χ3n) is 2.52. The molecule has 0 heterocycles. The predicted octanol–water partition coefficient (Wildman–Crippen LogP) is 1.61. The molecule has 0 aliphatic heterocycles. The molecular formula is C13H9BrNO4S-. The number of halogens is 1. The number of nitrogens with one attached hydrogen (secondary N) is 1. The second-order valence-electron chi connectivity index (χ2n) is 3.89. The Kier molecular flexibility index (Phi) is 4.10. The first-order chi connectivity index (χ1) is 9.40. The van der Waals surface area contributed by atoms with E-state index in [0.717, 1.165) is 4.47 Å². The van der Waals surface area contributed by atoms with Gasteiger partial charge >= 0.3 is 0 Å². The molecule has 0 bridgehead atoms. The number of carbonyl (C=O) groups excluding carboxylic acids is 1. The first kappa shape index (κ1) is 14.5. The Morgan fingerprint density at radius 1 is 1.05 bits per heavy atom. The van der Waals surface area contributed by atoms with Crippen LogP contribution < -0.4 is 9.83 Å². The van der Waals surface area contributed by atoms with Gasteiger partial charge in [-0.3, -0.25) is 4.72 Å². The highest BCUT2D eigenvalue weighted by Gasteiger charge is 2.15. The minimum atomic E-state index is -3.85. The quantitative estimate of drug-likeness (QED) is 0.903. The summed E-state index contributed by atoms with van der Waals surface area (Å²) >= 11 is 3.21. The highest BCUT2D eigenvalue weighted by atomic mass is 79.9. The standard InChI is InChI=1S/C13H10BrNO4S/c14-9-5-7-10(8-6-9)20(18,19)15-12-4-2-1-3-11(12)13(16)17/h1-8,15H,(H,16,17)/p-1. The summed E-state index contributed by atoms with van der Waals surface area (Å²) in [5, 5.41) is 10.9. The minimum absolute atomic E-state index is 0.0320. The Morgan fingerprint density at radius 3 is 2.25 bits per heavy atom. The van der Waals surface area contributed by atoms with Crippen molar-refractivity contribution in [1.29, 1.82) is 0 Å². The fourth-order valence-corrected chi connectivity index (χ4v) is 2.91. The lowest BCUT2D eigenvalue weighted by Crippen LogP contribution is -2.24. The normalized spacial score (nSPS) is 11.1. The van der Waals surface area contributed by atoms with Gasteiger partial charge in [-0.2, -0.15) is 0 Å². The van der Waals surface area contributed by atoms with Gasteiger partial charge in [0.1, 0.15) is 0 Å². The molecule has 2 rings (SSSR count). The van der Waals surface area contributed by atoms with Gasteiger partial charge in [0, 0.05) is 10.0 Å². The number of sulfonamides is 1. The highest BCUT2D eigenvalue weighted by Crippen LogP contribution is 2.21. The van der Waals surface area contributed by atoms with Crippen LogP contribution in [0.15, 0.2) is 57.9 Å². The smallest absolute Gasteiger partial charge is 0.261 e. The number of rotatable bonds is 4. The summed E-state index contributed by atoms with van der Waals surface area (Å²) < 4.78 is 27.3. The maximum Gasteiger partial charge on any atom is 0.261 e. The molecule has 0 spiro atoms. The van der Waals surface area contributed by atoms with E-state index in [4.69, 9.17) is 0 Å². The van der Waals surface area contributed by atoms with Crippen molar-refractivity contribution < 1.29 is 18.3 Å². The lowest BCUT2D eigenvalue weighted by molar-refractivity contribution is -0.254. The number of anilines is 1. The second-order valence-corrected chi connectivity index (χ2v) is 6.49. The third-order valence-corrected chi connectivity index (χ3v) is 4.43. The lowest BCUT2D eigenvalue weighted by atomic mass is 10.2. The maximum atomic E-state index is 12.1. The van der Waals surface area contributed by atoms with Crippen LogP contribution in [0.25, 0.3) is 0 Å². The average Bonchev–Trinajstić information content (AvgIpc) is 2.39. The monoisotopic (exact) mass is 354 g/mol. The van der Waals surface area contributed by atoms with E-state index in [9.17, 15) is 18.3 Å². The number of para-hydroxylation sites is 1. The molecule has 0 aliphatic carbocycles. The van der Waals surface area contributed by atoms with Gasteiger partial charge in [0.25, 0.3) is 10.0 Å². The van der Waals surface area contributed by atoms with Crippen molar-refractivity contribution in [3.63, 3.8) is 0 Å². The first-order valence-corrected chi connectivity index (χ1v) is 7.76. The molecule has 20 heavy (non-hydrogen) atoms. The molecule has 1 N–H and O–H groups in total. The first-order valence-electron chi connectivity index (χ1n) is 5.49. The van der Waals surface area contributed by atoms with Crippen LogP contribution in [0.2, 0.25) is 0 Å². The van der Waals surface area contributed by atoms with Gasteiger partial charge in [-0.1, -0.05) is 34.1 Å². The van der Waals surface area contributed by atoms with E-state index in [2.05, 4.69) is 20.7 Å². The SMILES string of the molecule is O=C([O-])c1ccccc1NS(=O)(=O)c1ccc(Br)cc1. The van der Waals surface area contributed by atoms with Gasteiger partial charge in [-0.25, -0.2) is 8.42 Å². The van der Waals surface area contributed by atoms with Gasteiger partial charge in [0.15, 0.2) is 0 Å². The summed E-state index contributed by atoms with van der Waals surface area (Å²) in [4.78, 5) is 11.0. The van der Waals surface area contributed by atoms with Gasteiger partial charge in [-0.05, 0) is 30.3 Å². The largest absolute Gasteiger partial charge is 0.545 e. The van der Waals surface area contributed by atoms with Crippen LogP contribution in [0.4, 0.5) is 5.69 Å². The van der Waals surface area contributed by atoms with Crippen molar-refractivity contribution in [2.45, 2.75) is 4.90 Å². The van der Waals surface area contributed by atoms with E-state index in [-0.39, 0.29) is 16.1 Å². The molecule has 0 unspecified atom stereocenters.